The molecule has 0 spiro atoms. The van der Waals surface area contributed by atoms with Crippen molar-refractivity contribution in [1.29, 1.82) is 0 Å². The van der Waals surface area contributed by atoms with Gasteiger partial charge in [0.05, 0.1) is 28.4 Å². The van der Waals surface area contributed by atoms with Gasteiger partial charge in [-0.2, -0.15) is 0 Å². The van der Waals surface area contributed by atoms with E-state index in [1.165, 1.54) is 11.1 Å². The van der Waals surface area contributed by atoms with Crippen LogP contribution in [-0.2, 0) is 24.2 Å². The molecule has 2 aromatic carbocycles. The van der Waals surface area contributed by atoms with Crippen LogP contribution in [0.3, 0.4) is 0 Å². The third-order valence-electron chi connectivity index (χ3n) is 6.81. The maximum Gasteiger partial charge on any atom is 0.226 e. The van der Waals surface area contributed by atoms with Gasteiger partial charge in [-0.15, -0.1) is 0 Å². The molecule has 1 atom stereocenters. The first-order chi connectivity index (χ1) is 16.1. The van der Waals surface area contributed by atoms with Crippen LogP contribution in [0.25, 0.3) is 0 Å². The molecular weight excluding hydrogens is 420 g/mol. The van der Waals surface area contributed by atoms with E-state index in [4.69, 9.17) is 18.9 Å². The molecule has 1 unspecified atom stereocenters. The lowest BCUT2D eigenvalue weighted by Crippen LogP contribution is -2.50. The van der Waals surface area contributed by atoms with E-state index in [0.717, 1.165) is 63.3 Å². The third kappa shape index (κ3) is 5.03. The molecule has 1 aliphatic carbocycles. The van der Waals surface area contributed by atoms with Crippen molar-refractivity contribution >= 4 is 5.91 Å². The van der Waals surface area contributed by atoms with Crippen LogP contribution < -0.4 is 18.9 Å². The average molecular weight is 455 g/mol. The van der Waals surface area contributed by atoms with E-state index < -0.39 is 0 Å². The highest BCUT2D eigenvalue weighted by Gasteiger charge is 2.30. The average Bonchev–Trinajstić information content (AvgIpc) is 2.87. The normalized spacial score (nSPS) is 18.4. The van der Waals surface area contributed by atoms with E-state index in [1.54, 1.807) is 28.4 Å². The van der Waals surface area contributed by atoms with Crippen LogP contribution in [0.5, 0.6) is 23.0 Å². The molecule has 0 saturated carbocycles. The van der Waals surface area contributed by atoms with E-state index in [1.807, 2.05) is 23.1 Å². The maximum absolute atomic E-state index is 13.2. The highest BCUT2D eigenvalue weighted by atomic mass is 16.5. The minimum Gasteiger partial charge on any atom is -0.497 e. The summed E-state index contributed by atoms with van der Waals surface area (Å²) in [4.78, 5) is 17.6. The summed E-state index contributed by atoms with van der Waals surface area (Å²) in [7, 11) is 6.56. The number of amides is 1. The van der Waals surface area contributed by atoms with Gasteiger partial charge in [-0.05, 0) is 60.2 Å². The first-order valence-corrected chi connectivity index (χ1v) is 11.5. The Balaban J connectivity index is 1.34. The predicted octanol–water partition coefficient (Wildman–Crippen LogP) is 3.17. The van der Waals surface area contributed by atoms with Gasteiger partial charge in [0.2, 0.25) is 11.7 Å². The molecule has 1 fully saturated rings. The number of piperazine rings is 1. The monoisotopic (exact) mass is 454 g/mol. The Morgan fingerprint density at radius 2 is 1.58 bits per heavy atom. The van der Waals surface area contributed by atoms with Crippen LogP contribution in [0.2, 0.25) is 0 Å². The highest BCUT2D eigenvalue weighted by Crippen LogP contribution is 2.38. The Hall–Kier alpha value is -2.93. The summed E-state index contributed by atoms with van der Waals surface area (Å²) in [5.41, 5.74) is 3.69. The number of hydrogen-bond donors (Lipinski definition) is 0. The second-order valence-corrected chi connectivity index (χ2v) is 8.71. The Labute approximate surface area is 196 Å². The van der Waals surface area contributed by atoms with Gasteiger partial charge in [-0.1, -0.05) is 6.07 Å². The maximum atomic E-state index is 13.2. The molecular formula is C26H34N2O5. The molecule has 33 heavy (non-hydrogen) atoms. The zero-order valence-electron chi connectivity index (χ0n) is 20.1. The number of aryl methyl sites for hydroxylation is 1. The molecule has 178 valence electrons. The minimum absolute atomic E-state index is 0.0764. The van der Waals surface area contributed by atoms with E-state index in [2.05, 4.69) is 17.0 Å². The molecule has 1 saturated heterocycles. The predicted molar refractivity (Wildman–Crippen MR) is 126 cm³/mol. The first kappa shape index (κ1) is 23.2. The van der Waals surface area contributed by atoms with Crippen LogP contribution in [0.1, 0.15) is 23.1 Å². The van der Waals surface area contributed by atoms with Crippen LogP contribution in [0, 0.1) is 5.92 Å². The number of methoxy groups -OCH3 is 4. The molecule has 0 radical (unpaired) electrons. The summed E-state index contributed by atoms with van der Waals surface area (Å²) in [5, 5.41) is 0. The van der Waals surface area contributed by atoms with Gasteiger partial charge in [-0.3, -0.25) is 9.69 Å². The van der Waals surface area contributed by atoms with Gasteiger partial charge in [-0.25, -0.2) is 0 Å². The molecule has 7 nitrogen and oxygen atoms in total. The van der Waals surface area contributed by atoms with Crippen LogP contribution in [0.15, 0.2) is 30.3 Å². The number of benzene rings is 2. The summed E-state index contributed by atoms with van der Waals surface area (Å²) in [5.74, 6) is 3.19. The Bertz CT molecular complexity index is 960. The zero-order valence-corrected chi connectivity index (χ0v) is 20.1. The molecule has 2 aromatic rings. The lowest BCUT2D eigenvalue weighted by Gasteiger charge is -2.37. The Morgan fingerprint density at radius 1 is 0.879 bits per heavy atom. The van der Waals surface area contributed by atoms with Gasteiger partial charge >= 0.3 is 0 Å². The smallest absolute Gasteiger partial charge is 0.226 e. The van der Waals surface area contributed by atoms with Crippen molar-refractivity contribution in [2.24, 2.45) is 5.92 Å². The molecule has 0 N–H and O–H groups in total. The highest BCUT2D eigenvalue weighted by molar-refractivity contribution is 5.79. The summed E-state index contributed by atoms with van der Waals surface area (Å²) in [6, 6.07) is 10.2. The lowest BCUT2D eigenvalue weighted by molar-refractivity contribution is -0.137. The fraction of sp³-hybridized carbons (Fsp3) is 0.500. The van der Waals surface area contributed by atoms with Crippen LogP contribution in [-0.4, -0.2) is 70.3 Å². The number of carbonyl (C=O) groups excluding carboxylic acids is 1. The number of carbonyl (C=O) groups is 1. The summed E-state index contributed by atoms with van der Waals surface area (Å²) < 4.78 is 21.7. The summed E-state index contributed by atoms with van der Waals surface area (Å²) in [6.45, 7) is 3.99. The molecule has 1 heterocycles. The molecule has 7 heteroatoms. The van der Waals surface area contributed by atoms with Gasteiger partial charge in [0.1, 0.15) is 5.75 Å². The van der Waals surface area contributed by atoms with Crippen molar-refractivity contribution in [2.45, 2.75) is 25.8 Å². The molecule has 0 bridgehead atoms. The number of fused-ring (bicyclic) bond motifs is 1. The molecule has 4 rings (SSSR count). The Morgan fingerprint density at radius 3 is 2.18 bits per heavy atom. The van der Waals surface area contributed by atoms with Gasteiger partial charge in [0, 0.05) is 38.6 Å². The number of nitrogens with zero attached hydrogens (tertiary/aromatic N) is 2. The van der Waals surface area contributed by atoms with Crippen molar-refractivity contribution in [3.8, 4) is 23.0 Å². The topological polar surface area (TPSA) is 60.5 Å². The standard InChI is InChI=1S/C26H34N2O5/c1-30-22-8-7-19-15-21(6-5-20(19)16-22)26(29)28-11-9-27(10-12-28)17-18-13-23(31-2)25(33-4)24(14-18)32-3/h7-8,13-14,16,21H,5-6,9-12,15,17H2,1-4H3. The van der Waals surface area contributed by atoms with Gasteiger partial charge in [0.25, 0.3) is 0 Å². The largest absolute Gasteiger partial charge is 0.497 e. The second-order valence-electron chi connectivity index (χ2n) is 8.71. The van der Waals surface area contributed by atoms with E-state index >= 15 is 0 Å². The van der Waals surface area contributed by atoms with Gasteiger partial charge in [0.15, 0.2) is 11.5 Å². The molecule has 1 aliphatic heterocycles. The van der Waals surface area contributed by atoms with Gasteiger partial charge < -0.3 is 23.8 Å². The Kier molecular flexibility index (Phi) is 7.28. The summed E-state index contributed by atoms with van der Waals surface area (Å²) >= 11 is 0. The van der Waals surface area contributed by atoms with Crippen molar-refractivity contribution in [3.63, 3.8) is 0 Å². The lowest BCUT2D eigenvalue weighted by atomic mass is 9.83. The van der Waals surface area contributed by atoms with E-state index in [0.29, 0.717) is 23.2 Å². The fourth-order valence-corrected chi connectivity index (χ4v) is 4.94. The fourth-order valence-electron chi connectivity index (χ4n) is 4.94. The second kappa shape index (κ2) is 10.3. The minimum atomic E-state index is 0.0764. The zero-order chi connectivity index (χ0) is 23.4. The number of rotatable bonds is 7. The van der Waals surface area contributed by atoms with E-state index in [9.17, 15) is 4.79 Å². The number of ether oxygens (including phenoxy) is 4. The van der Waals surface area contributed by atoms with Crippen molar-refractivity contribution in [2.75, 3.05) is 54.6 Å². The van der Waals surface area contributed by atoms with Crippen LogP contribution in [0.4, 0.5) is 0 Å². The summed E-state index contributed by atoms with van der Waals surface area (Å²) in [6.07, 6.45) is 2.67. The molecule has 1 amide bonds. The first-order valence-electron chi connectivity index (χ1n) is 11.5. The number of hydrogen-bond acceptors (Lipinski definition) is 6. The van der Waals surface area contributed by atoms with Crippen LogP contribution >= 0.6 is 0 Å². The van der Waals surface area contributed by atoms with E-state index in [-0.39, 0.29) is 5.92 Å². The quantitative estimate of drug-likeness (QED) is 0.641. The third-order valence-corrected chi connectivity index (χ3v) is 6.81. The molecule has 2 aliphatic rings. The van der Waals surface area contributed by atoms with Crippen molar-refractivity contribution in [3.05, 3.63) is 47.0 Å². The molecule has 0 aromatic heterocycles. The van der Waals surface area contributed by atoms with Crippen molar-refractivity contribution in [1.82, 2.24) is 9.80 Å². The SMILES string of the molecule is COc1ccc2c(c1)CCC(C(=O)N1CCN(Cc3cc(OC)c(OC)c(OC)c3)CC1)C2. The van der Waals surface area contributed by atoms with Crippen molar-refractivity contribution < 1.29 is 23.7 Å².